The molecule has 0 aromatic carbocycles. The zero-order chi connectivity index (χ0) is 17.4. The SMILES string of the molecule is NC(=O)CC[C@H](NC(=O)[C@@H]1CCCN1)C(=O)N[C@@H](CS)C(=O)O. The highest BCUT2D eigenvalue weighted by Crippen LogP contribution is 2.07. The molecule has 23 heavy (non-hydrogen) atoms. The Morgan fingerprint density at radius 2 is 1.96 bits per heavy atom. The summed E-state index contributed by atoms with van der Waals surface area (Å²) in [6.45, 7) is 0.719. The van der Waals surface area contributed by atoms with Crippen LogP contribution >= 0.6 is 12.6 Å². The lowest BCUT2D eigenvalue weighted by Gasteiger charge is -2.22. The number of carboxylic acids is 1. The fraction of sp³-hybridized carbons (Fsp3) is 0.692. The molecule has 130 valence electrons. The molecular formula is C13H22N4O5S. The van der Waals surface area contributed by atoms with Crippen LogP contribution in [0, 0.1) is 0 Å². The fourth-order valence-corrected chi connectivity index (χ4v) is 2.44. The van der Waals surface area contributed by atoms with Crippen molar-refractivity contribution in [2.45, 2.75) is 43.8 Å². The van der Waals surface area contributed by atoms with Crippen LogP contribution in [0.4, 0.5) is 0 Å². The minimum atomic E-state index is -1.23. The highest BCUT2D eigenvalue weighted by atomic mass is 32.1. The molecule has 0 radical (unpaired) electrons. The maximum absolute atomic E-state index is 12.2. The van der Waals surface area contributed by atoms with E-state index in [9.17, 15) is 19.2 Å². The van der Waals surface area contributed by atoms with Gasteiger partial charge in [0, 0.05) is 12.2 Å². The van der Waals surface area contributed by atoms with Crippen molar-refractivity contribution in [2.75, 3.05) is 12.3 Å². The maximum Gasteiger partial charge on any atom is 0.327 e. The number of thiol groups is 1. The van der Waals surface area contributed by atoms with Crippen LogP contribution in [-0.4, -0.2) is 59.2 Å². The second kappa shape index (κ2) is 9.36. The Morgan fingerprint density at radius 1 is 1.26 bits per heavy atom. The van der Waals surface area contributed by atoms with Gasteiger partial charge in [-0.25, -0.2) is 4.79 Å². The van der Waals surface area contributed by atoms with Crippen LogP contribution in [-0.2, 0) is 19.2 Å². The average molecular weight is 346 g/mol. The van der Waals surface area contributed by atoms with E-state index in [4.69, 9.17) is 10.8 Å². The molecular weight excluding hydrogens is 324 g/mol. The van der Waals surface area contributed by atoms with Crippen LogP contribution in [0.15, 0.2) is 0 Å². The number of aliphatic carboxylic acids is 1. The number of hydrogen-bond acceptors (Lipinski definition) is 6. The van der Waals surface area contributed by atoms with E-state index < -0.39 is 29.9 Å². The predicted molar refractivity (Wildman–Crippen MR) is 84.8 cm³/mol. The first-order valence-electron chi connectivity index (χ1n) is 7.31. The van der Waals surface area contributed by atoms with Gasteiger partial charge in [-0.15, -0.1) is 0 Å². The number of amides is 3. The van der Waals surface area contributed by atoms with E-state index in [0.717, 1.165) is 13.0 Å². The third-order valence-electron chi connectivity index (χ3n) is 3.49. The summed E-state index contributed by atoms with van der Waals surface area (Å²) in [6.07, 6.45) is 1.41. The number of nitrogens with two attached hydrogens (primary N) is 1. The van der Waals surface area contributed by atoms with Gasteiger partial charge in [-0.1, -0.05) is 0 Å². The quantitative estimate of drug-likeness (QED) is 0.265. The molecule has 1 aliphatic heterocycles. The Hall–Kier alpha value is -1.81. The van der Waals surface area contributed by atoms with E-state index in [1.807, 2.05) is 0 Å². The monoisotopic (exact) mass is 346 g/mol. The number of carbonyl (C=O) groups excluding carboxylic acids is 3. The van der Waals surface area contributed by atoms with Crippen LogP contribution < -0.4 is 21.7 Å². The fourth-order valence-electron chi connectivity index (χ4n) is 2.19. The zero-order valence-electron chi connectivity index (χ0n) is 12.6. The summed E-state index contributed by atoms with van der Waals surface area (Å²) >= 11 is 3.86. The molecule has 1 rings (SSSR count). The standard InChI is InChI=1S/C13H22N4O5S/c14-10(18)4-3-8(12(20)17-9(6-23)13(21)22)16-11(19)7-2-1-5-15-7/h7-9,15,23H,1-6H2,(H2,14,18)(H,16,19)(H,17,20)(H,21,22)/t7-,8-,9-/m0/s1. The van der Waals surface area contributed by atoms with E-state index in [0.29, 0.717) is 6.42 Å². The first-order valence-corrected chi connectivity index (χ1v) is 7.94. The molecule has 0 spiro atoms. The molecule has 0 aliphatic carbocycles. The van der Waals surface area contributed by atoms with E-state index in [1.54, 1.807) is 0 Å². The lowest BCUT2D eigenvalue weighted by Crippen LogP contribution is -2.54. The Labute approximate surface area is 139 Å². The highest BCUT2D eigenvalue weighted by Gasteiger charge is 2.29. The molecule has 1 saturated heterocycles. The molecule has 0 aromatic rings. The van der Waals surface area contributed by atoms with E-state index in [2.05, 4.69) is 28.6 Å². The highest BCUT2D eigenvalue weighted by molar-refractivity contribution is 7.80. The van der Waals surface area contributed by atoms with Crippen molar-refractivity contribution in [3.63, 3.8) is 0 Å². The Kier molecular flexibility index (Phi) is 7.83. The minimum Gasteiger partial charge on any atom is -0.480 e. The Morgan fingerprint density at radius 3 is 2.43 bits per heavy atom. The van der Waals surface area contributed by atoms with Gasteiger partial charge in [0.2, 0.25) is 17.7 Å². The minimum absolute atomic E-state index is 0.00145. The summed E-state index contributed by atoms with van der Waals surface area (Å²) in [4.78, 5) is 46.1. The van der Waals surface area contributed by atoms with Gasteiger partial charge < -0.3 is 26.8 Å². The summed E-state index contributed by atoms with van der Waals surface area (Å²) in [5, 5.41) is 16.8. The smallest absolute Gasteiger partial charge is 0.327 e. The van der Waals surface area contributed by atoms with Crippen LogP contribution in [0.3, 0.4) is 0 Å². The first kappa shape index (κ1) is 19.2. The molecule has 1 fully saturated rings. The molecule has 6 N–H and O–H groups in total. The lowest BCUT2D eigenvalue weighted by molar-refractivity contribution is -0.141. The molecule has 9 nitrogen and oxygen atoms in total. The lowest BCUT2D eigenvalue weighted by atomic mass is 10.1. The normalized spacial score (nSPS) is 19.6. The molecule has 0 aromatic heterocycles. The van der Waals surface area contributed by atoms with Crippen molar-refractivity contribution in [1.29, 1.82) is 0 Å². The van der Waals surface area contributed by atoms with Crippen molar-refractivity contribution < 1.29 is 24.3 Å². The van der Waals surface area contributed by atoms with Crippen molar-refractivity contribution >= 4 is 36.3 Å². The van der Waals surface area contributed by atoms with Gasteiger partial charge in [-0.05, 0) is 25.8 Å². The van der Waals surface area contributed by atoms with Gasteiger partial charge in [0.05, 0.1) is 6.04 Å². The summed E-state index contributed by atoms with van der Waals surface area (Å²) < 4.78 is 0. The topological polar surface area (TPSA) is 151 Å². The van der Waals surface area contributed by atoms with Gasteiger partial charge in [0.1, 0.15) is 12.1 Å². The largest absolute Gasteiger partial charge is 0.480 e. The van der Waals surface area contributed by atoms with Crippen molar-refractivity contribution in [3.8, 4) is 0 Å². The van der Waals surface area contributed by atoms with Gasteiger partial charge in [-0.3, -0.25) is 14.4 Å². The van der Waals surface area contributed by atoms with Crippen LogP contribution in [0.5, 0.6) is 0 Å². The van der Waals surface area contributed by atoms with E-state index >= 15 is 0 Å². The Bertz CT molecular complexity index is 467. The van der Waals surface area contributed by atoms with Gasteiger partial charge in [-0.2, -0.15) is 12.6 Å². The van der Waals surface area contributed by atoms with Crippen molar-refractivity contribution in [3.05, 3.63) is 0 Å². The molecule has 1 heterocycles. The van der Waals surface area contributed by atoms with E-state index in [1.165, 1.54) is 0 Å². The average Bonchev–Trinajstić information content (AvgIpc) is 3.02. The summed E-state index contributed by atoms with van der Waals surface area (Å²) in [7, 11) is 0. The number of rotatable bonds is 9. The van der Waals surface area contributed by atoms with Gasteiger partial charge in [0.15, 0.2) is 0 Å². The zero-order valence-corrected chi connectivity index (χ0v) is 13.5. The molecule has 3 atom stereocenters. The number of carboxylic acid groups (broad SMARTS) is 1. The van der Waals surface area contributed by atoms with E-state index in [-0.39, 0.29) is 30.5 Å². The molecule has 0 bridgehead atoms. The third-order valence-corrected chi connectivity index (χ3v) is 3.85. The molecule has 3 amide bonds. The summed E-state index contributed by atoms with van der Waals surface area (Å²) in [6, 6.07) is -2.60. The van der Waals surface area contributed by atoms with Crippen molar-refractivity contribution in [2.24, 2.45) is 5.73 Å². The molecule has 10 heteroatoms. The number of primary amides is 1. The second-order valence-corrected chi connectivity index (χ2v) is 5.66. The van der Waals surface area contributed by atoms with Crippen LogP contribution in [0.1, 0.15) is 25.7 Å². The number of carbonyl (C=O) groups is 4. The Balaban J connectivity index is 2.69. The first-order chi connectivity index (χ1) is 10.8. The summed E-state index contributed by atoms with van der Waals surface area (Å²) in [5.74, 6) is -2.98. The number of nitrogens with one attached hydrogen (secondary N) is 3. The molecule has 1 aliphatic rings. The molecule has 0 unspecified atom stereocenters. The molecule has 0 saturated carbocycles. The maximum atomic E-state index is 12.2. The van der Waals surface area contributed by atoms with Crippen LogP contribution in [0.2, 0.25) is 0 Å². The van der Waals surface area contributed by atoms with Crippen molar-refractivity contribution in [1.82, 2.24) is 16.0 Å². The second-order valence-electron chi connectivity index (χ2n) is 5.30. The van der Waals surface area contributed by atoms with Gasteiger partial charge >= 0.3 is 5.97 Å². The van der Waals surface area contributed by atoms with Gasteiger partial charge in [0.25, 0.3) is 0 Å². The predicted octanol–water partition coefficient (Wildman–Crippen LogP) is -2.01. The number of hydrogen-bond donors (Lipinski definition) is 6. The third kappa shape index (κ3) is 6.45. The van der Waals surface area contributed by atoms with Crippen LogP contribution in [0.25, 0.3) is 0 Å². The summed E-state index contributed by atoms with van der Waals surface area (Å²) in [5.41, 5.74) is 5.07.